The van der Waals surface area contributed by atoms with Crippen LogP contribution in [0, 0.1) is 0 Å². The molecule has 7 nitrogen and oxygen atoms in total. The van der Waals surface area contributed by atoms with Crippen LogP contribution in [0.3, 0.4) is 0 Å². The van der Waals surface area contributed by atoms with Crippen LogP contribution in [0.4, 0.5) is 0 Å². The lowest BCUT2D eigenvalue weighted by molar-refractivity contribution is 0.0697. The molecule has 0 atom stereocenters. The average Bonchev–Trinajstić information content (AvgIpc) is 2.83. The quantitative estimate of drug-likeness (QED) is 0.681. The van der Waals surface area contributed by atoms with E-state index < -0.39 is 5.97 Å². The predicted octanol–water partition coefficient (Wildman–Crippen LogP) is 0.188. The molecule has 2 rings (SSSR count). The van der Waals surface area contributed by atoms with E-state index in [1.165, 1.54) is 0 Å². The molecule has 0 radical (unpaired) electrons. The molecule has 0 aliphatic carbocycles. The van der Waals surface area contributed by atoms with Gasteiger partial charge in [0.15, 0.2) is 5.82 Å². The van der Waals surface area contributed by atoms with Crippen LogP contribution in [0.25, 0.3) is 0 Å². The normalized spacial score (nSPS) is 10.4. The number of hydrogen-bond donors (Lipinski definition) is 3. The summed E-state index contributed by atoms with van der Waals surface area (Å²) in [5.41, 5.74) is 1.28. The Morgan fingerprint density at radius 3 is 2.65 bits per heavy atom. The third-order valence-corrected chi connectivity index (χ3v) is 2.20. The van der Waals surface area contributed by atoms with Crippen LogP contribution in [-0.2, 0) is 13.1 Å². The van der Waals surface area contributed by atoms with Crippen molar-refractivity contribution >= 4 is 5.97 Å². The monoisotopic (exact) mass is 233 g/mol. The minimum absolute atomic E-state index is 0.284. The Kier molecular flexibility index (Phi) is 3.41. The van der Waals surface area contributed by atoms with Gasteiger partial charge in [-0.3, -0.25) is 0 Å². The second kappa shape index (κ2) is 5.17. The first-order chi connectivity index (χ1) is 8.25. The third kappa shape index (κ3) is 3.08. The second-order valence-electron chi connectivity index (χ2n) is 3.43. The third-order valence-electron chi connectivity index (χ3n) is 2.20. The van der Waals surface area contributed by atoms with Crippen LogP contribution in [0.2, 0.25) is 0 Å². The van der Waals surface area contributed by atoms with Crippen molar-refractivity contribution in [1.29, 1.82) is 0 Å². The van der Waals surface area contributed by atoms with E-state index in [2.05, 4.69) is 25.9 Å². The summed E-state index contributed by atoms with van der Waals surface area (Å²) < 4.78 is 0. The molecule has 2 aromatic rings. The SMILES string of the molecule is O=C(O)c1ccc(CNCc2nn[nH]n2)cc1. The van der Waals surface area contributed by atoms with Crippen LogP contribution >= 0.6 is 0 Å². The van der Waals surface area contributed by atoms with Crippen LogP contribution in [-0.4, -0.2) is 31.7 Å². The number of aromatic carboxylic acids is 1. The molecule has 0 spiro atoms. The topological polar surface area (TPSA) is 104 Å². The Hall–Kier alpha value is -2.28. The summed E-state index contributed by atoms with van der Waals surface area (Å²) in [6.07, 6.45) is 0. The smallest absolute Gasteiger partial charge is 0.335 e. The fourth-order valence-electron chi connectivity index (χ4n) is 1.34. The fraction of sp³-hybridized carbons (Fsp3) is 0.200. The van der Waals surface area contributed by atoms with E-state index in [4.69, 9.17) is 5.11 Å². The molecule has 17 heavy (non-hydrogen) atoms. The summed E-state index contributed by atoms with van der Waals surface area (Å²) >= 11 is 0. The van der Waals surface area contributed by atoms with Gasteiger partial charge in [-0.05, 0) is 17.7 Å². The van der Waals surface area contributed by atoms with Gasteiger partial charge in [0.25, 0.3) is 0 Å². The summed E-state index contributed by atoms with van der Waals surface area (Å²) in [5, 5.41) is 25.2. The summed E-state index contributed by atoms with van der Waals surface area (Å²) in [7, 11) is 0. The molecule has 0 aliphatic rings. The summed E-state index contributed by atoms with van der Waals surface area (Å²) in [6.45, 7) is 1.13. The van der Waals surface area contributed by atoms with Crippen LogP contribution < -0.4 is 5.32 Å². The molecule has 1 aromatic heterocycles. The number of tetrazole rings is 1. The Morgan fingerprint density at radius 2 is 2.06 bits per heavy atom. The lowest BCUT2D eigenvalue weighted by Crippen LogP contribution is -2.13. The lowest BCUT2D eigenvalue weighted by atomic mass is 10.1. The molecule has 7 heteroatoms. The summed E-state index contributed by atoms with van der Waals surface area (Å²) in [4.78, 5) is 10.6. The van der Waals surface area contributed by atoms with Crippen molar-refractivity contribution in [2.24, 2.45) is 0 Å². The maximum absolute atomic E-state index is 10.6. The highest BCUT2D eigenvalue weighted by molar-refractivity contribution is 5.87. The van der Waals surface area contributed by atoms with Crippen molar-refractivity contribution in [3.63, 3.8) is 0 Å². The molecular formula is C10H11N5O2. The Balaban J connectivity index is 1.85. The minimum Gasteiger partial charge on any atom is -0.478 e. The fourth-order valence-corrected chi connectivity index (χ4v) is 1.34. The van der Waals surface area contributed by atoms with E-state index in [0.29, 0.717) is 18.9 Å². The van der Waals surface area contributed by atoms with Crippen molar-refractivity contribution in [1.82, 2.24) is 25.9 Å². The molecule has 0 unspecified atom stereocenters. The largest absolute Gasteiger partial charge is 0.478 e. The van der Waals surface area contributed by atoms with Gasteiger partial charge >= 0.3 is 5.97 Å². The standard InChI is InChI=1S/C10H11N5O2/c16-10(17)8-3-1-7(2-4-8)5-11-6-9-12-14-15-13-9/h1-4,11H,5-6H2,(H,16,17)(H,12,13,14,15). The molecule has 0 aliphatic heterocycles. The first-order valence-corrected chi connectivity index (χ1v) is 5.01. The van der Waals surface area contributed by atoms with E-state index in [0.717, 1.165) is 5.56 Å². The number of aromatic nitrogens is 4. The number of carbonyl (C=O) groups is 1. The highest BCUT2D eigenvalue weighted by atomic mass is 16.4. The predicted molar refractivity (Wildman–Crippen MR) is 58.1 cm³/mol. The highest BCUT2D eigenvalue weighted by Crippen LogP contribution is 2.04. The van der Waals surface area contributed by atoms with Crippen LogP contribution in [0.15, 0.2) is 24.3 Å². The van der Waals surface area contributed by atoms with Crippen molar-refractivity contribution in [3.05, 3.63) is 41.2 Å². The van der Waals surface area contributed by atoms with Gasteiger partial charge in [-0.15, -0.1) is 10.2 Å². The molecule has 3 N–H and O–H groups in total. The van der Waals surface area contributed by atoms with Gasteiger partial charge in [0, 0.05) is 6.54 Å². The molecule has 1 aromatic carbocycles. The summed E-state index contributed by atoms with van der Waals surface area (Å²) in [6, 6.07) is 6.70. The van der Waals surface area contributed by atoms with Gasteiger partial charge in [-0.2, -0.15) is 5.21 Å². The van der Waals surface area contributed by atoms with Crippen molar-refractivity contribution in [3.8, 4) is 0 Å². The number of benzene rings is 1. The van der Waals surface area contributed by atoms with Gasteiger partial charge in [0.2, 0.25) is 0 Å². The van der Waals surface area contributed by atoms with Gasteiger partial charge in [-0.1, -0.05) is 17.3 Å². The maximum Gasteiger partial charge on any atom is 0.335 e. The number of nitrogens with one attached hydrogen (secondary N) is 2. The Morgan fingerprint density at radius 1 is 1.29 bits per heavy atom. The number of hydrogen-bond acceptors (Lipinski definition) is 5. The molecule has 0 saturated heterocycles. The van der Waals surface area contributed by atoms with E-state index in [9.17, 15) is 4.79 Å². The molecular weight excluding hydrogens is 222 g/mol. The van der Waals surface area contributed by atoms with E-state index in [1.807, 2.05) is 0 Å². The van der Waals surface area contributed by atoms with E-state index in [-0.39, 0.29) is 5.56 Å². The zero-order valence-electron chi connectivity index (χ0n) is 8.92. The first kappa shape index (κ1) is 11.2. The number of carboxylic acids is 1. The van der Waals surface area contributed by atoms with E-state index >= 15 is 0 Å². The number of carboxylic acid groups (broad SMARTS) is 1. The molecule has 0 bridgehead atoms. The Bertz CT molecular complexity index is 480. The second-order valence-corrected chi connectivity index (χ2v) is 3.43. The van der Waals surface area contributed by atoms with Gasteiger partial charge < -0.3 is 10.4 Å². The van der Waals surface area contributed by atoms with Crippen LogP contribution in [0.5, 0.6) is 0 Å². The maximum atomic E-state index is 10.6. The van der Waals surface area contributed by atoms with Gasteiger partial charge in [0.05, 0.1) is 12.1 Å². The number of nitrogens with zero attached hydrogens (tertiary/aromatic N) is 3. The average molecular weight is 233 g/mol. The van der Waals surface area contributed by atoms with Crippen molar-refractivity contribution in [2.45, 2.75) is 13.1 Å². The zero-order valence-corrected chi connectivity index (χ0v) is 8.92. The zero-order chi connectivity index (χ0) is 12.1. The van der Waals surface area contributed by atoms with Gasteiger partial charge in [0.1, 0.15) is 0 Å². The number of H-pyrrole nitrogens is 1. The molecule has 0 saturated carbocycles. The van der Waals surface area contributed by atoms with Crippen molar-refractivity contribution < 1.29 is 9.90 Å². The molecule has 0 amide bonds. The van der Waals surface area contributed by atoms with Crippen molar-refractivity contribution in [2.75, 3.05) is 0 Å². The molecule has 1 heterocycles. The highest BCUT2D eigenvalue weighted by Gasteiger charge is 2.02. The van der Waals surface area contributed by atoms with Gasteiger partial charge in [-0.25, -0.2) is 4.79 Å². The van der Waals surface area contributed by atoms with E-state index in [1.54, 1.807) is 24.3 Å². The lowest BCUT2D eigenvalue weighted by Gasteiger charge is -2.02. The molecule has 88 valence electrons. The Labute approximate surface area is 96.9 Å². The minimum atomic E-state index is -0.920. The summed E-state index contributed by atoms with van der Waals surface area (Å²) in [5.74, 6) is -0.330. The molecule has 0 fully saturated rings. The van der Waals surface area contributed by atoms with Crippen LogP contribution in [0.1, 0.15) is 21.7 Å². The first-order valence-electron chi connectivity index (χ1n) is 5.01. The number of aromatic amines is 1. The number of rotatable bonds is 5.